The summed E-state index contributed by atoms with van der Waals surface area (Å²) in [6.07, 6.45) is 2.65. The lowest BCUT2D eigenvalue weighted by molar-refractivity contribution is 0.303. The largest absolute Gasteiger partial charge is 0.487 e. The quantitative estimate of drug-likeness (QED) is 0.752. The van der Waals surface area contributed by atoms with Crippen LogP contribution in [-0.4, -0.2) is 4.98 Å². The summed E-state index contributed by atoms with van der Waals surface area (Å²) in [6, 6.07) is 4.59. The van der Waals surface area contributed by atoms with Crippen LogP contribution in [0.2, 0.25) is 10.0 Å². The Morgan fingerprint density at radius 1 is 1.16 bits per heavy atom. The third kappa shape index (κ3) is 3.72. The van der Waals surface area contributed by atoms with E-state index in [4.69, 9.17) is 39.5 Å². The van der Waals surface area contributed by atoms with Crippen molar-refractivity contribution in [3.63, 3.8) is 0 Å². The molecule has 2 nitrogen and oxygen atoms in total. The molecule has 0 fully saturated rings. The Kier molecular flexibility index (Phi) is 4.86. The number of nitrogens with zero attached hydrogens (tertiary/aromatic N) is 1. The van der Waals surface area contributed by atoms with Gasteiger partial charge in [0, 0.05) is 22.3 Å². The lowest BCUT2D eigenvalue weighted by atomic mass is 10.2. The number of aromatic nitrogens is 1. The molecule has 0 aliphatic heterocycles. The molecule has 2 aromatic rings. The molecule has 0 saturated heterocycles. The van der Waals surface area contributed by atoms with Crippen LogP contribution < -0.4 is 4.74 Å². The molecule has 0 unspecified atom stereocenters. The predicted octanol–water partition coefficient (Wildman–Crippen LogP) is 4.85. The van der Waals surface area contributed by atoms with E-state index < -0.39 is 5.82 Å². The van der Waals surface area contributed by atoms with Crippen LogP contribution in [0.5, 0.6) is 5.75 Å². The normalized spacial score (nSPS) is 10.5. The summed E-state index contributed by atoms with van der Waals surface area (Å²) < 4.78 is 18.6. The summed E-state index contributed by atoms with van der Waals surface area (Å²) in [5.41, 5.74) is 1.29. The Morgan fingerprint density at radius 3 is 2.63 bits per heavy atom. The number of alkyl halides is 1. The molecule has 0 aliphatic carbocycles. The number of hydrogen-bond acceptors (Lipinski definition) is 2. The van der Waals surface area contributed by atoms with Crippen molar-refractivity contribution in [1.82, 2.24) is 4.98 Å². The van der Waals surface area contributed by atoms with E-state index in [1.165, 1.54) is 12.3 Å². The topological polar surface area (TPSA) is 22.1 Å². The van der Waals surface area contributed by atoms with Crippen LogP contribution >= 0.6 is 34.8 Å². The molecule has 0 spiro atoms. The zero-order valence-electron chi connectivity index (χ0n) is 9.67. The smallest absolute Gasteiger partial charge is 0.142 e. The van der Waals surface area contributed by atoms with E-state index in [9.17, 15) is 4.39 Å². The van der Waals surface area contributed by atoms with Crippen molar-refractivity contribution in [3.8, 4) is 5.75 Å². The van der Waals surface area contributed by atoms with Gasteiger partial charge >= 0.3 is 0 Å². The van der Waals surface area contributed by atoms with Crippen LogP contribution in [0.4, 0.5) is 4.39 Å². The summed E-state index contributed by atoms with van der Waals surface area (Å²) in [5.74, 6) is 0.253. The molecule has 6 heteroatoms. The maximum Gasteiger partial charge on any atom is 0.142 e. The molecule has 1 heterocycles. The van der Waals surface area contributed by atoms with E-state index in [1.54, 1.807) is 12.1 Å². The third-order valence-electron chi connectivity index (χ3n) is 2.37. The van der Waals surface area contributed by atoms with Gasteiger partial charge in [-0.05, 0) is 18.2 Å². The average Bonchev–Trinajstić information content (AvgIpc) is 2.37. The highest BCUT2D eigenvalue weighted by molar-refractivity contribution is 6.36. The maximum atomic E-state index is 13.0. The molecule has 0 N–H and O–H groups in total. The average molecular weight is 321 g/mol. The van der Waals surface area contributed by atoms with Gasteiger partial charge in [0.25, 0.3) is 0 Å². The first kappa shape index (κ1) is 14.4. The van der Waals surface area contributed by atoms with Crippen molar-refractivity contribution in [2.24, 2.45) is 0 Å². The molecular formula is C13H9Cl3FNO. The highest BCUT2D eigenvalue weighted by atomic mass is 35.5. The van der Waals surface area contributed by atoms with Gasteiger partial charge in [0.05, 0.1) is 17.1 Å². The minimum Gasteiger partial charge on any atom is -0.487 e. The first-order valence-electron chi connectivity index (χ1n) is 5.36. The van der Waals surface area contributed by atoms with Gasteiger partial charge < -0.3 is 4.74 Å². The van der Waals surface area contributed by atoms with Crippen molar-refractivity contribution >= 4 is 34.8 Å². The number of rotatable bonds is 4. The van der Waals surface area contributed by atoms with Gasteiger partial charge in [-0.1, -0.05) is 23.2 Å². The van der Waals surface area contributed by atoms with Gasteiger partial charge in [0.1, 0.15) is 18.2 Å². The van der Waals surface area contributed by atoms with Crippen molar-refractivity contribution < 1.29 is 9.13 Å². The third-order valence-corrected chi connectivity index (χ3v) is 3.16. The van der Waals surface area contributed by atoms with Gasteiger partial charge in [0.2, 0.25) is 0 Å². The molecule has 1 aromatic heterocycles. The fourth-order valence-electron chi connectivity index (χ4n) is 1.56. The number of pyridine rings is 1. The molecular weight excluding hydrogens is 312 g/mol. The number of benzene rings is 1. The first-order chi connectivity index (χ1) is 9.10. The summed E-state index contributed by atoms with van der Waals surface area (Å²) in [5, 5.41) is 0.855. The minimum absolute atomic E-state index is 0.149. The van der Waals surface area contributed by atoms with Gasteiger partial charge in [-0.25, -0.2) is 4.39 Å². The second-order valence-corrected chi connectivity index (χ2v) is 4.92. The Hall–Kier alpha value is -1.03. The first-order valence-corrected chi connectivity index (χ1v) is 6.65. The molecule has 100 valence electrons. The Bertz CT molecular complexity index is 592. The second-order valence-electron chi connectivity index (χ2n) is 3.81. The van der Waals surface area contributed by atoms with Crippen molar-refractivity contribution in [2.75, 3.05) is 0 Å². The molecule has 2 rings (SSSR count). The summed E-state index contributed by atoms with van der Waals surface area (Å²) in [4.78, 5) is 3.74. The lowest BCUT2D eigenvalue weighted by Crippen LogP contribution is -2.00. The molecule has 0 saturated carbocycles. The van der Waals surface area contributed by atoms with Crippen LogP contribution in [0.3, 0.4) is 0 Å². The van der Waals surface area contributed by atoms with E-state index >= 15 is 0 Å². The van der Waals surface area contributed by atoms with E-state index in [-0.39, 0.29) is 12.5 Å². The highest BCUT2D eigenvalue weighted by Gasteiger charge is 2.10. The van der Waals surface area contributed by atoms with Crippen LogP contribution in [-0.2, 0) is 12.5 Å². The van der Waals surface area contributed by atoms with Crippen molar-refractivity contribution in [2.45, 2.75) is 12.5 Å². The molecule has 0 bridgehead atoms. The second kappa shape index (κ2) is 6.42. The molecule has 19 heavy (non-hydrogen) atoms. The zero-order chi connectivity index (χ0) is 13.8. The summed E-state index contributed by atoms with van der Waals surface area (Å²) in [6.45, 7) is 0.149. The number of halogens is 4. The number of hydrogen-bond donors (Lipinski definition) is 0. The highest BCUT2D eigenvalue weighted by Crippen LogP contribution is 2.33. The fourth-order valence-corrected chi connectivity index (χ4v) is 2.35. The van der Waals surface area contributed by atoms with E-state index in [0.717, 1.165) is 6.20 Å². The standard InChI is InChI=1S/C13H9Cl3FNO/c14-4-9-2-10(15)3-12(16)13(9)19-7-8-1-11(17)6-18-5-8/h1-3,5-6H,4,7H2. The SMILES string of the molecule is Fc1cncc(COc2c(Cl)cc(Cl)cc2CCl)c1. The van der Waals surface area contributed by atoms with E-state index in [1.807, 2.05) is 0 Å². The van der Waals surface area contributed by atoms with Gasteiger partial charge in [-0.2, -0.15) is 0 Å². The molecule has 0 atom stereocenters. The van der Waals surface area contributed by atoms with Crippen molar-refractivity contribution in [1.29, 1.82) is 0 Å². The van der Waals surface area contributed by atoms with Crippen molar-refractivity contribution in [3.05, 3.63) is 57.6 Å². The molecule has 0 aliphatic rings. The molecule has 0 radical (unpaired) electrons. The predicted molar refractivity (Wildman–Crippen MR) is 74.5 cm³/mol. The Morgan fingerprint density at radius 2 is 1.95 bits per heavy atom. The lowest BCUT2D eigenvalue weighted by Gasteiger charge is -2.12. The van der Waals surface area contributed by atoms with E-state index in [2.05, 4.69) is 4.98 Å². The molecule has 0 amide bonds. The summed E-state index contributed by atoms with van der Waals surface area (Å²) >= 11 is 17.7. The summed E-state index contributed by atoms with van der Waals surface area (Å²) in [7, 11) is 0. The minimum atomic E-state index is -0.416. The zero-order valence-corrected chi connectivity index (χ0v) is 11.9. The maximum absolute atomic E-state index is 13.0. The monoisotopic (exact) mass is 319 g/mol. The van der Waals surface area contributed by atoms with Crippen LogP contribution in [0.15, 0.2) is 30.6 Å². The van der Waals surface area contributed by atoms with Crippen LogP contribution in [0.25, 0.3) is 0 Å². The van der Waals surface area contributed by atoms with Crippen LogP contribution in [0, 0.1) is 5.82 Å². The van der Waals surface area contributed by atoms with Gasteiger partial charge in [0.15, 0.2) is 0 Å². The van der Waals surface area contributed by atoms with E-state index in [0.29, 0.717) is 26.9 Å². The van der Waals surface area contributed by atoms with Gasteiger partial charge in [-0.15, -0.1) is 11.6 Å². The molecule has 1 aromatic carbocycles. The van der Waals surface area contributed by atoms with Gasteiger partial charge in [-0.3, -0.25) is 4.98 Å². The Balaban J connectivity index is 2.19. The van der Waals surface area contributed by atoms with Crippen LogP contribution in [0.1, 0.15) is 11.1 Å². The Labute approximate surface area is 125 Å². The number of ether oxygens (including phenoxy) is 1. The fraction of sp³-hybridized carbons (Fsp3) is 0.154.